The average molecular weight is 324 g/mol. The predicted octanol–water partition coefficient (Wildman–Crippen LogP) is 2.80. The van der Waals surface area contributed by atoms with Crippen molar-refractivity contribution in [2.45, 2.75) is 32.4 Å². The molecule has 0 aliphatic heterocycles. The first-order chi connectivity index (χ1) is 6.47. The third-order valence-corrected chi connectivity index (χ3v) is 4.11. The third-order valence-electron chi connectivity index (χ3n) is 1.83. The van der Waals surface area contributed by atoms with Crippen LogP contribution < -0.4 is 0 Å². The SMILES string of the molecule is C[Si](C)(C)CCOCn1ccc(I)n1. The van der Waals surface area contributed by atoms with Crippen molar-refractivity contribution in [2.75, 3.05) is 6.61 Å². The molecule has 0 aliphatic rings. The van der Waals surface area contributed by atoms with Crippen molar-refractivity contribution in [1.82, 2.24) is 9.78 Å². The smallest absolute Gasteiger partial charge is 0.139 e. The molecule has 1 heterocycles. The zero-order valence-electron chi connectivity index (χ0n) is 8.96. The normalized spacial score (nSPS) is 12.0. The zero-order chi connectivity index (χ0) is 10.6. The lowest BCUT2D eigenvalue weighted by Gasteiger charge is -2.15. The fourth-order valence-electron chi connectivity index (χ4n) is 0.945. The maximum absolute atomic E-state index is 5.54. The van der Waals surface area contributed by atoms with Crippen LogP contribution in [-0.4, -0.2) is 24.5 Å². The first-order valence-corrected chi connectivity index (χ1v) is 9.53. The van der Waals surface area contributed by atoms with Gasteiger partial charge in [-0.2, -0.15) is 5.10 Å². The van der Waals surface area contributed by atoms with Crippen LogP contribution in [0.2, 0.25) is 25.7 Å². The lowest BCUT2D eigenvalue weighted by atomic mass is 10.7. The van der Waals surface area contributed by atoms with Gasteiger partial charge in [-0.05, 0) is 34.7 Å². The maximum atomic E-state index is 5.54. The Balaban J connectivity index is 2.16. The maximum Gasteiger partial charge on any atom is 0.139 e. The van der Waals surface area contributed by atoms with E-state index in [0.29, 0.717) is 6.73 Å². The summed E-state index contributed by atoms with van der Waals surface area (Å²) in [6.45, 7) is 8.49. The molecule has 0 spiro atoms. The van der Waals surface area contributed by atoms with Gasteiger partial charge < -0.3 is 4.74 Å². The molecular weight excluding hydrogens is 307 g/mol. The van der Waals surface area contributed by atoms with Gasteiger partial charge in [-0.25, -0.2) is 4.68 Å². The summed E-state index contributed by atoms with van der Waals surface area (Å²) >= 11 is 2.19. The van der Waals surface area contributed by atoms with Crippen LogP contribution in [0.15, 0.2) is 12.3 Å². The molecule has 0 aromatic carbocycles. The molecule has 0 unspecified atom stereocenters. The number of rotatable bonds is 5. The first kappa shape index (κ1) is 12.2. The number of aromatic nitrogens is 2. The fraction of sp³-hybridized carbons (Fsp3) is 0.667. The molecule has 1 aromatic heterocycles. The van der Waals surface area contributed by atoms with Gasteiger partial charge in [0.1, 0.15) is 10.4 Å². The number of nitrogens with zero attached hydrogens (tertiary/aromatic N) is 2. The first-order valence-electron chi connectivity index (χ1n) is 4.74. The van der Waals surface area contributed by atoms with Crippen molar-refractivity contribution in [2.24, 2.45) is 0 Å². The van der Waals surface area contributed by atoms with Crippen molar-refractivity contribution < 1.29 is 4.74 Å². The van der Waals surface area contributed by atoms with Crippen LogP contribution in [0.25, 0.3) is 0 Å². The van der Waals surface area contributed by atoms with Crippen molar-refractivity contribution in [3.05, 3.63) is 16.0 Å². The van der Waals surface area contributed by atoms with Crippen LogP contribution in [-0.2, 0) is 11.5 Å². The number of hydrogen-bond donors (Lipinski definition) is 0. The van der Waals surface area contributed by atoms with E-state index >= 15 is 0 Å². The summed E-state index contributed by atoms with van der Waals surface area (Å²) in [5.74, 6) is 0. The van der Waals surface area contributed by atoms with Crippen molar-refractivity contribution in [3.63, 3.8) is 0 Å². The molecule has 0 N–H and O–H groups in total. The van der Waals surface area contributed by atoms with Gasteiger partial charge in [0.2, 0.25) is 0 Å². The minimum Gasteiger partial charge on any atom is -0.360 e. The molecule has 14 heavy (non-hydrogen) atoms. The second kappa shape index (κ2) is 5.27. The highest BCUT2D eigenvalue weighted by Crippen LogP contribution is 2.07. The minimum absolute atomic E-state index is 0.577. The zero-order valence-corrected chi connectivity index (χ0v) is 12.1. The van der Waals surface area contributed by atoms with Crippen molar-refractivity contribution >= 4 is 30.7 Å². The molecule has 1 rings (SSSR count). The van der Waals surface area contributed by atoms with E-state index in [0.717, 1.165) is 10.3 Å². The van der Waals surface area contributed by atoms with Crippen LogP contribution in [0.3, 0.4) is 0 Å². The van der Waals surface area contributed by atoms with Gasteiger partial charge in [-0.15, -0.1) is 0 Å². The van der Waals surface area contributed by atoms with Crippen molar-refractivity contribution in [1.29, 1.82) is 0 Å². The molecular formula is C9H17IN2OSi. The van der Waals surface area contributed by atoms with E-state index in [9.17, 15) is 0 Å². The van der Waals surface area contributed by atoms with E-state index in [2.05, 4.69) is 47.3 Å². The average Bonchev–Trinajstić information content (AvgIpc) is 2.44. The lowest BCUT2D eigenvalue weighted by Crippen LogP contribution is -2.22. The molecule has 5 heteroatoms. The lowest BCUT2D eigenvalue weighted by molar-refractivity contribution is 0.0783. The second-order valence-electron chi connectivity index (χ2n) is 4.53. The summed E-state index contributed by atoms with van der Waals surface area (Å²) in [5.41, 5.74) is 0. The van der Waals surface area contributed by atoms with Crippen LogP contribution in [0.4, 0.5) is 0 Å². The molecule has 0 atom stereocenters. The number of halogens is 1. The van der Waals surface area contributed by atoms with Gasteiger partial charge in [-0.1, -0.05) is 19.6 Å². The third kappa shape index (κ3) is 5.11. The van der Waals surface area contributed by atoms with Gasteiger partial charge >= 0.3 is 0 Å². The largest absolute Gasteiger partial charge is 0.360 e. The molecule has 80 valence electrons. The van der Waals surface area contributed by atoms with Crippen LogP contribution in [0.1, 0.15) is 0 Å². The number of ether oxygens (including phenoxy) is 1. The summed E-state index contributed by atoms with van der Waals surface area (Å²) in [5, 5.41) is 4.23. The van der Waals surface area contributed by atoms with E-state index in [4.69, 9.17) is 4.74 Å². The summed E-state index contributed by atoms with van der Waals surface area (Å²) in [6, 6.07) is 3.19. The van der Waals surface area contributed by atoms with E-state index in [1.165, 1.54) is 6.04 Å². The van der Waals surface area contributed by atoms with Gasteiger partial charge in [0.25, 0.3) is 0 Å². The summed E-state index contributed by atoms with van der Waals surface area (Å²) in [4.78, 5) is 0. The Morgan fingerprint density at radius 3 is 2.71 bits per heavy atom. The number of hydrogen-bond acceptors (Lipinski definition) is 2. The predicted molar refractivity (Wildman–Crippen MR) is 69.0 cm³/mol. The Kier molecular flexibility index (Phi) is 4.59. The summed E-state index contributed by atoms with van der Waals surface area (Å²) in [6.07, 6.45) is 1.94. The molecule has 0 saturated heterocycles. The molecule has 0 aliphatic carbocycles. The van der Waals surface area contributed by atoms with E-state index < -0.39 is 8.07 Å². The highest BCUT2D eigenvalue weighted by atomic mass is 127. The van der Waals surface area contributed by atoms with E-state index in [-0.39, 0.29) is 0 Å². The Labute approximate surface area is 100.0 Å². The van der Waals surface area contributed by atoms with Crippen LogP contribution >= 0.6 is 22.6 Å². The summed E-state index contributed by atoms with van der Waals surface area (Å²) in [7, 11) is -0.946. The van der Waals surface area contributed by atoms with Gasteiger partial charge in [0.05, 0.1) is 0 Å². The Morgan fingerprint density at radius 1 is 1.50 bits per heavy atom. The standard InChI is InChI=1S/C9H17IN2OSi/c1-14(2,3)7-6-13-8-12-5-4-9(10)11-12/h4-5H,6-8H2,1-3H3. The van der Waals surface area contributed by atoms with Gasteiger partial charge in [-0.3, -0.25) is 0 Å². The molecule has 0 saturated carbocycles. The Morgan fingerprint density at radius 2 is 2.21 bits per heavy atom. The molecule has 0 fully saturated rings. The highest BCUT2D eigenvalue weighted by Gasteiger charge is 2.11. The van der Waals surface area contributed by atoms with Crippen molar-refractivity contribution in [3.8, 4) is 0 Å². The molecule has 1 aromatic rings. The summed E-state index contributed by atoms with van der Waals surface area (Å²) < 4.78 is 8.38. The topological polar surface area (TPSA) is 27.1 Å². The van der Waals surface area contributed by atoms with E-state index in [1.807, 2.05) is 16.9 Å². The monoisotopic (exact) mass is 324 g/mol. The molecule has 0 radical (unpaired) electrons. The molecule has 0 amide bonds. The van der Waals surface area contributed by atoms with Gasteiger partial charge in [0.15, 0.2) is 0 Å². The quantitative estimate of drug-likeness (QED) is 0.473. The fourth-order valence-corrected chi connectivity index (χ4v) is 2.14. The Bertz CT molecular complexity index is 283. The molecule has 0 bridgehead atoms. The van der Waals surface area contributed by atoms with Gasteiger partial charge in [0, 0.05) is 20.9 Å². The highest BCUT2D eigenvalue weighted by molar-refractivity contribution is 14.1. The van der Waals surface area contributed by atoms with Crippen LogP contribution in [0, 0.1) is 3.70 Å². The Hall–Kier alpha value is 0.117. The second-order valence-corrected chi connectivity index (χ2v) is 11.3. The minimum atomic E-state index is -0.946. The van der Waals surface area contributed by atoms with E-state index in [1.54, 1.807) is 0 Å². The molecule has 3 nitrogen and oxygen atoms in total. The van der Waals surface area contributed by atoms with Crippen LogP contribution in [0.5, 0.6) is 0 Å².